The highest BCUT2D eigenvalue weighted by Gasteiger charge is 2.52. The molecule has 0 bridgehead atoms. The zero-order valence-electron chi connectivity index (χ0n) is 14.1. The number of nitrogens with zero attached hydrogens (tertiary/aromatic N) is 1. The number of carbonyl (C=O) groups is 3. The normalized spacial score (nSPS) is 17.5. The number of benzene rings is 1. The van der Waals surface area contributed by atoms with E-state index in [0.717, 1.165) is 18.4 Å². The zero-order valence-corrected chi connectivity index (χ0v) is 14.8. The third-order valence-electron chi connectivity index (χ3n) is 4.61. The van der Waals surface area contributed by atoms with Gasteiger partial charge in [0.05, 0.1) is 12.0 Å². The van der Waals surface area contributed by atoms with Crippen LogP contribution in [0.25, 0.3) is 0 Å². The van der Waals surface area contributed by atoms with Crippen molar-refractivity contribution >= 4 is 29.4 Å². The van der Waals surface area contributed by atoms with E-state index in [4.69, 9.17) is 16.3 Å². The summed E-state index contributed by atoms with van der Waals surface area (Å²) in [5.41, 5.74) is 0.193. The Kier molecular flexibility index (Phi) is 4.99. The molecule has 1 N–H and O–H groups in total. The van der Waals surface area contributed by atoms with Crippen molar-refractivity contribution < 1.29 is 19.1 Å². The van der Waals surface area contributed by atoms with Gasteiger partial charge in [0.2, 0.25) is 5.91 Å². The summed E-state index contributed by atoms with van der Waals surface area (Å²) in [6.07, 6.45) is 3.38. The number of rotatable bonds is 7. The maximum atomic E-state index is 12.4. The van der Waals surface area contributed by atoms with Crippen LogP contribution in [0.2, 0.25) is 5.02 Å². The highest BCUT2D eigenvalue weighted by atomic mass is 35.5. The van der Waals surface area contributed by atoms with Crippen molar-refractivity contribution in [1.29, 1.82) is 0 Å². The van der Waals surface area contributed by atoms with Crippen LogP contribution in [0, 0.1) is 0 Å². The van der Waals surface area contributed by atoms with Crippen LogP contribution in [0.4, 0.5) is 0 Å². The van der Waals surface area contributed by atoms with Crippen LogP contribution >= 0.6 is 11.6 Å². The van der Waals surface area contributed by atoms with E-state index >= 15 is 0 Å². The van der Waals surface area contributed by atoms with Crippen LogP contribution in [0.3, 0.4) is 0 Å². The summed E-state index contributed by atoms with van der Waals surface area (Å²) in [7, 11) is 1.52. The molecule has 25 heavy (non-hydrogen) atoms. The second-order valence-electron chi connectivity index (χ2n) is 6.76. The van der Waals surface area contributed by atoms with Crippen molar-refractivity contribution in [3.05, 3.63) is 34.9 Å². The summed E-state index contributed by atoms with van der Waals surface area (Å²) < 4.78 is 5.22. The summed E-state index contributed by atoms with van der Waals surface area (Å²) >= 11 is 5.88. The molecule has 2 amide bonds. The first-order chi connectivity index (χ1) is 11.9. The summed E-state index contributed by atoms with van der Waals surface area (Å²) in [5.74, 6) is -0.991. The summed E-state index contributed by atoms with van der Waals surface area (Å²) in [6.45, 7) is -0.392. The zero-order chi connectivity index (χ0) is 18.0. The molecule has 7 heteroatoms. The Morgan fingerprint density at radius 1 is 1.24 bits per heavy atom. The molecule has 0 saturated heterocycles. The monoisotopic (exact) mass is 364 g/mol. The smallest absolute Gasteiger partial charge is 0.317 e. The van der Waals surface area contributed by atoms with Gasteiger partial charge in [-0.15, -0.1) is 0 Å². The molecule has 2 aliphatic rings. The van der Waals surface area contributed by atoms with Gasteiger partial charge >= 0.3 is 5.97 Å². The number of halogens is 1. The van der Waals surface area contributed by atoms with E-state index in [1.165, 1.54) is 11.9 Å². The molecule has 2 saturated carbocycles. The predicted octanol–water partition coefficient (Wildman–Crippen LogP) is 1.65. The van der Waals surface area contributed by atoms with Crippen molar-refractivity contribution in [3.63, 3.8) is 0 Å². The molecule has 0 unspecified atom stereocenters. The van der Waals surface area contributed by atoms with Gasteiger partial charge in [0.1, 0.15) is 0 Å². The number of likely N-dealkylation sites (N-methyl/N-ethyl adjacent to an activating group) is 1. The number of esters is 1. The van der Waals surface area contributed by atoms with Gasteiger partial charge in [-0.05, 0) is 43.4 Å². The number of amides is 2. The number of hydrogen-bond donors (Lipinski definition) is 1. The molecule has 3 rings (SSSR count). The van der Waals surface area contributed by atoms with Gasteiger partial charge in [-0.1, -0.05) is 23.7 Å². The minimum absolute atomic E-state index is 0.0325. The van der Waals surface area contributed by atoms with Crippen molar-refractivity contribution in [2.45, 2.75) is 37.1 Å². The lowest BCUT2D eigenvalue weighted by atomic mass is 9.96. The van der Waals surface area contributed by atoms with Crippen LogP contribution in [0.5, 0.6) is 0 Å². The van der Waals surface area contributed by atoms with Gasteiger partial charge in [-0.2, -0.15) is 0 Å². The minimum Gasteiger partial charge on any atom is -0.455 e. The molecule has 2 aliphatic carbocycles. The second-order valence-corrected chi connectivity index (χ2v) is 7.19. The van der Waals surface area contributed by atoms with E-state index in [1.54, 1.807) is 12.1 Å². The number of hydrogen-bond acceptors (Lipinski definition) is 4. The molecule has 6 nitrogen and oxygen atoms in total. The van der Waals surface area contributed by atoms with Crippen molar-refractivity contribution in [3.8, 4) is 0 Å². The molecule has 0 spiro atoms. The van der Waals surface area contributed by atoms with Crippen LogP contribution in [-0.4, -0.2) is 48.9 Å². The van der Waals surface area contributed by atoms with E-state index in [2.05, 4.69) is 5.32 Å². The van der Waals surface area contributed by atoms with Gasteiger partial charge in [-0.25, -0.2) is 0 Å². The first-order valence-electron chi connectivity index (χ1n) is 8.37. The fourth-order valence-corrected chi connectivity index (χ4v) is 2.81. The van der Waals surface area contributed by atoms with E-state index < -0.39 is 17.3 Å². The standard InChI is InChI=1S/C18H21ClN2O4/c1-21(10-15(22)20-14-6-7-14)16(23)11-25-17(24)18(8-9-18)12-2-4-13(19)5-3-12/h2-5,14H,6-11H2,1H3,(H,20,22). The Labute approximate surface area is 151 Å². The van der Waals surface area contributed by atoms with Gasteiger partial charge in [0.15, 0.2) is 6.61 Å². The molecule has 0 aromatic heterocycles. The minimum atomic E-state index is -0.660. The van der Waals surface area contributed by atoms with Crippen LogP contribution in [-0.2, 0) is 24.5 Å². The summed E-state index contributed by atoms with van der Waals surface area (Å²) in [4.78, 5) is 37.4. The van der Waals surface area contributed by atoms with Gasteiger partial charge in [0.25, 0.3) is 5.91 Å². The third-order valence-corrected chi connectivity index (χ3v) is 4.87. The summed E-state index contributed by atoms with van der Waals surface area (Å²) in [5, 5.41) is 3.42. The Hall–Kier alpha value is -2.08. The molecule has 0 atom stereocenters. The van der Waals surface area contributed by atoms with Gasteiger partial charge < -0.3 is 15.0 Å². The molecular formula is C18H21ClN2O4. The Bertz CT molecular complexity index is 681. The highest BCUT2D eigenvalue weighted by Crippen LogP contribution is 2.49. The van der Waals surface area contributed by atoms with E-state index in [1.807, 2.05) is 12.1 Å². The fourth-order valence-electron chi connectivity index (χ4n) is 2.68. The molecule has 0 radical (unpaired) electrons. The van der Waals surface area contributed by atoms with Crippen LogP contribution in [0.1, 0.15) is 31.2 Å². The molecule has 1 aromatic rings. The number of ether oxygens (including phenoxy) is 1. The highest BCUT2D eigenvalue weighted by molar-refractivity contribution is 6.30. The van der Waals surface area contributed by atoms with Crippen molar-refractivity contribution in [2.24, 2.45) is 0 Å². The van der Waals surface area contributed by atoms with Crippen LogP contribution < -0.4 is 5.32 Å². The van der Waals surface area contributed by atoms with Gasteiger partial charge in [0, 0.05) is 18.1 Å². The quantitative estimate of drug-likeness (QED) is 0.746. The Balaban J connectivity index is 1.48. The molecule has 134 valence electrons. The average Bonchev–Trinajstić information content (AvgIpc) is 3.47. The molecule has 0 heterocycles. The average molecular weight is 365 g/mol. The van der Waals surface area contributed by atoms with Crippen molar-refractivity contribution in [2.75, 3.05) is 20.2 Å². The summed E-state index contributed by atoms with van der Waals surface area (Å²) in [6, 6.07) is 7.35. The molecular weight excluding hydrogens is 344 g/mol. The maximum absolute atomic E-state index is 12.4. The number of carbonyl (C=O) groups excluding carboxylic acids is 3. The van der Waals surface area contributed by atoms with Crippen LogP contribution in [0.15, 0.2) is 24.3 Å². The Morgan fingerprint density at radius 3 is 2.44 bits per heavy atom. The molecule has 0 aliphatic heterocycles. The predicted molar refractivity (Wildman–Crippen MR) is 92.1 cm³/mol. The lowest BCUT2D eigenvalue weighted by molar-refractivity contribution is -0.154. The fraction of sp³-hybridized carbons (Fsp3) is 0.500. The lowest BCUT2D eigenvalue weighted by Crippen LogP contribution is -2.41. The van der Waals surface area contributed by atoms with E-state index in [9.17, 15) is 14.4 Å². The lowest BCUT2D eigenvalue weighted by Gasteiger charge is -2.19. The maximum Gasteiger partial charge on any atom is 0.317 e. The van der Waals surface area contributed by atoms with Gasteiger partial charge in [-0.3, -0.25) is 14.4 Å². The largest absolute Gasteiger partial charge is 0.455 e. The van der Waals surface area contributed by atoms with E-state index in [0.29, 0.717) is 17.9 Å². The number of nitrogens with one attached hydrogen (secondary N) is 1. The van der Waals surface area contributed by atoms with Crippen molar-refractivity contribution in [1.82, 2.24) is 10.2 Å². The third kappa shape index (κ3) is 4.31. The molecule has 2 fully saturated rings. The molecule has 1 aromatic carbocycles. The van der Waals surface area contributed by atoms with E-state index in [-0.39, 0.29) is 25.1 Å². The first-order valence-corrected chi connectivity index (χ1v) is 8.75. The SMILES string of the molecule is CN(CC(=O)NC1CC1)C(=O)COC(=O)C1(c2ccc(Cl)cc2)CC1. The topological polar surface area (TPSA) is 75.7 Å². The Morgan fingerprint density at radius 2 is 1.88 bits per heavy atom. The first kappa shape index (κ1) is 17.7. The second kappa shape index (κ2) is 7.04.